The summed E-state index contributed by atoms with van der Waals surface area (Å²) in [5, 5.41) is 0. The van der Waals surface area contributed by atoms with Gasteiger partial charge in [0.15, 0.2) is 17.6 Å². The minimum Gasteiger partial charge on any atom is -0.493 e. The van der Waals surface area contributed by atoms with Crippen LogP contribution in [0.3, 0.4) is 0 Å². The predicted octanol–water partition coefficient (Wildman–Crippen LogP) is 3.84. The molecule has 3 rings (SSSR count). The van der Waals surface area contributed by atoms with Crippen molar-refractivity contribution in [3.63, 3.8) is 0 Å². The molecule has 1 aliphatic rings. The fraction of sp³-hybridized carbons (Fsp3) is 0.348. The van der Waals surface area contributed by atoms with E-state index in [1.807, 2.05) is 60.4 Å². The van der Waals surface area contributed by atoms with Gasteiger partial charge in [0.25, 0.3) is 5.91 Å². The van der Waals surface area contributed by atoms with Crippen molar-refractivity contribution in [3.8, 4) is 11.5 Å². The molecule has 1 aliphatic heterocycles. The molecule has 2 aromatic rings. The number of amides is 1. The van der Waals surface area contributed by atoms with Crippen molar-refractivity contribution in [1.82, 2.24) is 4.90 Å². The largest absolute Gasteiger partial charge is 0.493 e. The zero-order chi connectivity index (χ0) is 19.9. The summed E-state index contributed by atoms with van der Waals surface area (Å²) in [5.41, 5.74) is 2.23. The summed E-state index contributed by atoms with van der Waals surface area (Å²) in [7, 11) is 1.61. The molecular weight excluding hydrogens is 352 g/mol. The smallest absolute Gasteiger partial charge is 0.263 e. The van der Waals surface area contributed by atoms with Crippen LogP contribution in [0.2, 0.25) is 0 Å². The molecule has 148 valence electrons. The van der Waals surface area contributed by atoms with Gasteiger partial charge < -0.3 is 19.3 Å². The molecule has 1 unspecified atom stereocenters. The number of piperazine rings is 1. The van der Waals surface area contributed by atoms with Crippen LogP contribution in [-0.2, 0) is 4.79 Å². The quantitative estimate of drug-likeness (QED) is 0.764. The first-order valence-corrected chi connectivity index (χ1v) is 9.68. The minimum atomic E-state index is -0.565. The van der Waals surface area contributed by atoms with Crippen molar-refractivity contribution in [2.24, 2.45) is 0 Å². The van der Waals surface area contributed by atoms with E-state index in [1.54, 1.807) is 14.0 Å². The molecule has 2 aromatic carbocycles. The Bertz CT molecular complexity index is 812. The van der Waals surface area contributed by atoms with Crippen LogP contribution in [0.25, 0.3) is 6.08 Å². The summed E-state index contributed by atoms with van der Waals surface area (Å²) in [6, 6.07) is 16.0. The van der Waals surface area contributed by atoms with Crippen LogP contribution in [0.5, 0.6) is 11.5 Å². The number of benzene rings is 2. The maximum Gasteiger partial charge on any atom is 0.263 e. The van der Waals surface area contributed by atoms with Crippen molar-refractivity contribution in [2.75, 3.05) is 38.2 Å². The Morgan fingerprint density at radius 2 is 1.75 bits per heavy atom. The number of nitrogens with zero attached hydrogens (tertiary/aromatic N) is 2. The van der Waals surface area contributed by atoms with Crippen LogP contribution >= 0.6 is 0 Å². The Morgan fingerprint density at radius 1 is 1.04 bits per heavy atom. The summed E-state index contributed by atoms with van der Waals surface area (Å²) < 4.78 is 11.4. The van der Waals surface area contributed by atoms with Gasteiger partial charge in [0.1, 0.15) is 0 Å². The Morgan fingerprint density at radius 3 is 2.39 bits per heavy atom. The lowest BCUT2D eigenvalue weighted by atomic mass is 10.2. The van der Waals surface area contributed by atoms with Crippen LogP contribution < -0.4 is 14.4 Å². The standard InChI is InChI=1S/C23H28N2O3/c1-4-8-19-11-12-21(22(17-19)27-3)28-18(2)23(26)25-15-13-24(14-16-25)20-9-6-5-7-10-20/h4-12,17-18H,13-16H2,1-3H3/b8-4+. The van der Waals surface area contributed by atoms with E-state index in [2.05, 4.69) is 17.0 Å². The highest BCUT2D eigenvalue weighted by molar-refractivity contribution is 5.81. The molecule has 1 saturated heterocycles. The topological polar surface area (TPSA) is 42.0 Å². The van der Waals surface area contributed by atoms with Gasteiger partial charge in [-0.2, -0.15) is 0 Å². The van der Waals surface area contributed by atoms with Crippen LogP contribution in [0.1, 0.15) is 19.4 Å². The van der Waals surface area contributed by atoms with E-state index >= 15 is 0 Å². The van der Waals surface area contributed by atoms with Gasteiger partial charge in [0.2, 0.25) is 0 Å². The van der Waals surface area contributed by atoms with Gasteiger partial charge in [-0.1, -0.05) is 36.4 Å². The molecule has 1 amide bonds. The SMILES string of the molecule is C/C=C/c1ccc(OC(C)C(=O)N2CCN(c3ccccc3)CC2)c(OC)c1. The van der Waals surface area contributed by atoms with Crippen molar-refractivity contribution < 1.29 is 14.3 Å². The summed E-state index contributed by atoms with van der Waals surface area (Å²) in [6.45, 7) is 6.80. The average molecular weight is 380 g/mol. The molecule has 0 bridgehead atoms. The molecule has 0 aromatic heterocycles. The molecule has 0 saturated carbocycles. The molecule has 0 N–H and O–H groups in total. The van der Waals surface area contributed by atoms with Gasteiger partial charge in [-0.3, -0.25) is 4.79 Å². The number of para-hydroxylation sites is 1. The molecule has 0 aliphatic carbocycles. The Labute approximate surface area is 167 Å². The highest BCUT2D eigenvalue weighted by atomic mass is 16.5. The molecule has 28 heavy (non-hydrogen) atoms. The average Bonchev–Trinajstić information content (AvgIpc) is 2.75. The highest BCUT2D eigenvalue weighted by Crippen LogP contribution is 2.30. The number of rotatable bonds is 6. The molecular formula is C23H28N2O3. The maximum atomic E-state index is 12.8. The molecule has 5 nitrogen and oxygen atoms in total. The van der Waals surface area contributed by atoms with Crippen LogP contribution in [0.15, 0.2) is 54.6 Å². The molecule has 0 radical (unpaired) electrons. The lowest BCUT2D eigenvalue weighted by molar-refractivity contribution is -0.138. The van der Waals surface area contributed by atoms with Gasteiger partial charge in [0, 0.05) is 31.9 Å². The van der Waals surface area contributed by atoms with E-state index in [9.17, 15) is 4.79 Å². The van der Waals surface area contributed by atoms with Gasteiger partial charge in [-0.05, 0) is 43.7 Å². The van der Waals surface area contributed by atoms with Crippen molar-refractivity contribution in [3.05, 3.63) is 60.2 Å². The molecule has 0 spiro atoms. The molecule has 5 heteroatoms. The normalized spacial score (nSPS) is 15.5. The van der Waals surface area contributed by atoms with E-state index in [1.165, 1.54) is 5.69 Å². The molecule has 1 fully saturated rings. The van der Waals surface area contributed by atoms with Crippen molar-refractivity contribution in [2.45, 2.75) is 20.0 Å². The summed E-state index contributed by atoms with van der Waals surface area (Å²) >= 11 is 0. The fourth-order valence-electron chi connectivity index (χ4n) is 3.40. The minimum absolute atomic E-state index is 0.00675. The lowest BCUT2D eigenvalue weighted by Gasteiger charge is -2.37. The van der Waals surface area contributed by atoms with Crippen molar-refractivity contribution >= 4 is 17.7 Å². The van der Waals surface area contributed by atoms with E-state index in [-0.39, 0.29) is 5.91 Å². The zero-order valence-corrected chi connectivity index (χ0v) is 16.8. The highest BCUT2D eigenvalue weighted by Gasteiger charge is 2.26. The fourth-order valence-corrected chi connectivity index (χ4v) is 3.40. The van der Waals surface area contributed by atoms with E-state index in [0.717, 1.165) is 18.7 Å². The molecule has 1 atom stereocenters. The Hall–Kier alpha value is -2.95. The van der Waals surface area contributed by atoms with Crippen molar-refractivity contribution in [1.29, 1.82) is 0 Å². The number of hydrogen-bond acceptors (Lipinski definition) is 4. The second-order valence-corrected chi connectivity index (χ2v) is 6.82. The van der Waals surface area contributed by atoms with Gasteiger partial charge in [-0.25, -0.2) is 0 Å². The zero-order valence-electron chi connectivity index (χ0n) is 16.8. The van der Waals surface area contributed by atoms with Crippen LogP contribution in [-0.4, -0.2) is 50.2 Å². The summed E-state index contributed by atoms with van der Waals surface area (Å²) in [5.74, 6) is 1.22. The number of ether oxygens (including phenoxy) is 2. The summed E-state index contributed by atoms with van der Waals surface area (Å²) in [4.78, 5) is 17.0. The predicted molar refractivity (Wildman–Crippen MR) is 113 cm³/mol. The number of anilines is 1. The van der Waals surface area contributed by atoms with Gasteiger partial charge in [-0.15, -0.1) is 0 Å². The Balaban J connectivity index is 1.59. The lowest BCUT2D eigenvalue weighted by Crippen LogP contribution is -2.52. The van der Waals surface area contributed by atoms with Crippen LogP contribution in [0.4, 0.5) is 5.69 Å². The second kappa shape index (κ2) is 9.31. The summed E-state index contributed by atoms with van der Waals surface area (Å²) in [6.07, 6.45) is 3.40. The number of methoxy groups -OCH3 is 1. The number of allylic oxidation sites excluding steroid dienone is 1. The van der Waals surface area contributed by atoms with E-state index in [4.69, 9.17) is 9.47 Å². The first-order chi connectivity index (χ1) is 13.6. The third-order valence-electron chi connectivity index (χ3n) is 4.91. The third kappa shape index (κ3) is 4.66. The maximum absolute atomic E-state index is 12.8. The monoisotopic (exact) mass is 380 g/mol. The van der Waals surface area contributed by atoms with Gasteiger partial charge in [0.05, 0.1) is 7.11 Å². The van der Waals surface area contributed by atoms with E-state index in [0.29, 0.717) is 24.6 Å². The number of carbonyl (C=O) groups excluding carboxylic acids is 1. The third-order valence-corrected chi connectivity index (χ3v) is 4.91. The Kier molecular flexibility index (Phi) is 6.58. The first kappa shape index (κ1) is 19.8. The number of hydrogen-bond donors (Lipinski definition) is 0. The first-order valence-electron chi connectivity index (χ1n) is 9.68. The van der Waals surface area contributed by atoms with E-state index < -0.39 is 6.10 Å². The number of carbonyl (C=O) groups is 1. The molecule has 1 heterocycles. The van der Waals surface area contributed by atoms with Crippen LogP contribution in [0, 0.1) is 0 Å². The van der Waals surface area contributed by atoms with Gasteiger partial charge >= 0.3 is 0 Å². The second-order valence-electron chi connectivity index (χ2n) is 6.82.